The molecule has 0 aromatic rings. The largest absolute Gasteiger partial charge is 0.312 e. The highest BCUT2D eigenvalue weighted by atomic mass is 15.0. The van der Waals surface area contributed by atoms with Crippen molar-refractivity contribution >= 4 is 0 Å². The van der Waals surface area contributed by atoms with Crippen LogP contribution in [0.25, 0.3) is 0 Å². The fourth-order valence-electron chi connectivity index (χ4n) is 0. The van der Waals surface area contributed by atoms with Gasteiger partial charge in [0.15, 0.2) is 0 Å². The first-order valence-corrected chi connectivity index (χ1v) is 9.67. The smallest absolute Gasteiger partial charge is 0.00271 e. The van der Waals surface area contributed by atoms with Gasteiger partial charge in [0.1, 0.15) is 0 Å². The Morgan fingerprint density at radius 3 is 0.655 bits per heavy atom. The summed E-state index contributed by atoms with van der Waals surface area (Å²) in [4.78, 5) is 2.00. The van der Waals surface area contributed by atoms with Crippen LogP contribution in [0.15, 0.2) is 11.1 Å². The molecule has 0 fully saturated rings. The third-order valence-electron chi connectivity index (χ3n) is 1.25. The lowest BCUT2D eigenvalue weighted by Gasteiger charge is -2.05. The van der Waals surface area contributed by atoms with Gasteiger partial charge in [-0.15, -0.1) is 11.8 Å². The normalized spacial score (nSPS) is 6.69. The lowest BCUT2D eigenvalue weighted by Crippen LogP contribution is -1.99. The second kappa shape index (κ2) is 56.4. The molecule has 0 aliphatic rings. The first-order valence-electron chi connectivity index (χ1n) is 9.67. The van der Waals surface area contributed by atoms with E-state index in [0.717, 1.165) is 0 Å². The summed E-state index contributed by atoms with van der Waals surface area (Å²) in [7, 11) is 6.00. The van der Waals surface area contributed by atoms with Crippen molar-refractivity contribution in [1.82, 2.24) is 4.90 Å². The van der Waals surface area contributed by atoms with Gasteiger partial charge in [0, 0.05) is 0 Å². The Morgan fingerprint density at radius 2 is 0.655 bits per heavy atom. The Bertz CT molecular complexity index is 245. The number of allylic oxidation sites excluding steroid dienone is 2. The molecule has 0 spiro atoms. The van der Waals surface area contributed by atoms with Gasteiger partial charge in [-0.25, -0.2) is 0 Å². The standard InChI is InChI=1S/C6H12.C5H12.C4H6.C3H9N.2C3H8.4CH4/c1-5(2)6(3)4;1-5(2,3)4;1-3-4-2;1-4(2)3;2*1-3-2;;;;/h1-4H3;1-4H3;1-2H3;1-3H3;2*3H2,1-2H3;4*1H4. The van der Waals surface area contributed by atoms with Gasteiger partial charge in [-0.05, 0) is 68.1 Å². The molecule has 0 aromatic heterocycles. The van der Waals surface area contributed by atoms with Crippen LogP contribution in [0.2, 0.25) is 0 Å². The zero-order chi connectivity index (χ0) is 22.1. The average molecular weight is 422 g/mol. The maximum atomic E-state index is 2.68. The van der Waals surface area contributed by atoms with Crippen molar-refractivity contribution in [3.8, 4) is 11.8 Å². The summed E-state index contributed by atoms with van der Waals surface area (Å²) in [5.41, 5.74) is 3.35. The Balaban J connectivity index is -0.0000000185. The van der Waals surface area contributed by atoms with E-state index in [4.69, 9.17) is 0 Å². The molecule has 29 heavy (non-hydrogen) atoms. The minimum atomic E-state index is 0. The van der Waals surface area contributed by atoms with Crippen molar-refractivity contribution in [2.45, 2.75) is 139 Å². The van der Waals surface area contributed by atoms with Crippen LogP contribution in [0, 0.1) is 17.3 Å². The first-order chi connectivity index (χ1) is 11.1. The molecule has 0 aliphatic heterocycles. The van der Waals surface area contributed by atoms with Crippen LogP contribution >= 0.6 is 0 Å². The maximum absolute atomic E-state index is 2.68. The summed E-state index contributed by atoms with van der Waals surface area (Å²) in [6.45, 7) is 29.4. The van der Waals surface area contributed by atoms with E-state index < -0.39 is 0 Å². The van der Waals surface area contributed by atoms with Crippen LogP contribution < -0.4 is 0 Å². The second-order valence-electron chi connectivity index (χ2n) is 8.26. The topological polar surface area (TPSA) is 3.24 Å². The Morgan fingerprint density at radius 1 is 0.586 bits per heavy atom. The minimum absolute atomic E-state index is 0. The van der Waals surface area contributed by atoms with Crippen molar-refractivity contribution in [2.24, 2.45) is 5.41 Å². The summed E-state index contributed by atoms with van der Waals surface area (Å²) in [5.74, 6) is 5.36. The van der Waals surface area contributed by atoms with E-state index in [1.54, 1.807) is 0 Å². The SMILES string of the molecule is C.C.C.C.CC#CC.CC(C)(C)C.CC(C)=C(C)C.CCC.CCC.CN(C)C. The Kier molecular flexibility index (Phi) is 122. The molecule has 0 N–H and O–H groups in total. The Hall–Kier alpha value is -0.740. The van der Waals surface area contributed by atoms with E-state index in [1.807, 2.05) is 39.9 Å². The summed E-state index contributed by atoms with van der Waals surface area (Å²) in [6, 6.07) is 0. The fourth-order valence-corrected chi connectivity index (χ4v) is 0. The molecule has 0 unspecified atom stereocenters. The predicted molar refractivity (Wildman–Crippen MR) is 152 cm³/mol. The molecule has 0 bridgehead atoms. The molecule has 0 radical (unpaired) electrons. The van der Waals surface area contributed by atoms with Crippen molar-refractivity contribution in [3.05, 3.63) is 11.1 Å². The molecule has 1 heteroatoms. The molecule has 0 saturated carbocycles. The summed E-state index contributed by atoms with van der Waals surface area (Å²) in [6.07, 6.45) is 2.50. The summed E-state index contributed by atoms with van der Waals surface area (Å²) >= 11 is 0. The fraction of sp³-hybridized carbons (Fsp3) is 0.857. The van der Waals surface area contributed by atoms with Gasteiger partial charge in [0.2, 0.25) is 0 Å². The number of rotatable bonds is 0. The molecule has 0 amide bonds. The van der Waals surface area contributed by atoms with Crippen molar-refractivity contribution in [3.63, 3.8) is 0 Å². The lowest BCUT2D eigenvalue weighted by atomic mass is 10.0. The van der Waals surface area contributed by atoms with Gasteiger partial charge in [-0.1, -0.05) is 109 Å². The lowest BCUT2D eigenvalue weighted by molar-refractivity contribution is 0.469. The van der Waals surface area contributed by atoms with Crippen molar-refractivity contribution < 1.29 is 0 Å². The van der Waals surface area contributed by atoms with Gasteiger partial charge in [-0.3, -0.25) is 0 Å². The third-order valence-corrected chi connectivity index (χ3v) is 1.25. The number of hydrogen-bond acceptors (Lipinski definition) is 1. The molecular formula is C28H71N. The molecule has 0 aliphatic carbocycles. The predicted octanol–water partition coefficient (Wildman–Crippen LogP) is 11.0. The second-order valence-corrected chi connectivity index (χ2v) is 8.26. The monoisotopic (exact) mass is 422 g/mol. The van der Waals surface area contributed by atoms with Crippen LogP contribution in [-0.2, 0) is 0 Å². The highest BCUT2D eigenvalue weighted by molar-refractivity contribution is 5.02. The zero-order valence-corrected chi connectivity index (χ0v) is 21.4. The molecule has 188 valence electrons. The van der Waals surface area contributed by atoms with Crippen LogP contribution in [0.5, 0.6) is 0 Å². The van der Waals surface area contributed by atoms with E-state index >= 15 is 0 Å². The van der Waals surface area contributed by atoms with Crippen LogP contribution in [0.1, 0.15) is 139 Å². The van der Waals surface area contributed by atoms with Crippen molar-refractivity contribution in [1.29, 1.82) is 0 Å². The van der Waals surface area contributed by atoms with Gasteiger partial charge < -0.3 is 4.90 Å². The molecule has 0 saturated heterocycles. The summed E-state index contributed by atoms with van der Waals surface area (Å²) in [5, 5.41) is 0. The highest BCUT2D eigenvalue weighted by Crippen LogP contribution is 2.08. The first kappa shape index (κ1) is 63.0. The van der Waals surface area contributed by atoms with E-state index in [9.17, 15) is 0 Å². The molecule has 1 nitrogen and oxygen atoms in total. The van der Waals surface area contributed by atoms with Gasteiger partial charge in [-0.2, -0.15) is 0 Å². The molecule has 0 atom stereocenters. The van der Waals surface area contributed by atoms with Gasteiger partial charge in [0.05, 0.1) is 0 Å². The quantitative estimate of drug-likeness (QED) is 0.277. The number of hydrogen-bond donors (Lipinski definition) is 0. The average Bonchev–Trinajstić information content (AvgIpc) is 2.38. The van der Waals surface area contributed by atoms with E-state index in [2.05, 4.69) is 94.9 Å². The Labute approximate surface area is 194 Å². The zero-order valence-electron chi connectivity index (χ0n) is 21.4. The molecule has 0 rings (SSSR count). The minimum Gasteiger partial charge on any atom is -0.312 e. The molecule has 0 heterocycles. The third kappa shape index (κ3) is 958. The van der Waals surface area contributed by atoms with Crippen LogP contribution in [0.3, 0.4) is 0 Å². The van der Waals surface area contributed by atoms with Gasteiger partial charge in [0.25, 0.3) is 0 Å². The summed E-state index contributed by atoms with van der Waals surface area (Å²) < 4.78 is 0. The van der Waals surface area contributed by atoms with Crippen molar-refractivity contribution in [2.75, 3.05) is 21.1 Å². The highest BCUT2D eigenvalue weighted by Gasteiger charge is 1.95. The van der Waals surface area contributed by atoms with Crippen LogP contribution in [0.4, 0.5) is 0 Å². The maximum Gasteiger partial charge on any atom is -0.00271 e. The van der Waals surface area contributed by atoms with E-state index in [1.165, 1.54) is 24.0 Å². The molecular weight excluding hydrogens is 350 g/mol. The number of nitrogens with zero attached hydrogens (tertiary/aromatic N) is 1. The van der Waals surface area contributed by atoms with Gasteiger partial charge >= 0.3 is 0 Å². The van der Waals surface area contributed by atoms with E-state index in [0.29, 0.717) is 5.41 Å². The van der Waals surface area contributed by atoms with E-state index in [-0.39, 0.29) is 29.7 Å². The van der Waals surface area contributed by atoms with Crippen LogP contribution in [-0.4, -0.2) is 26.0 Å². The molecule has 0 aromatic carbocycles.